The smallest absolute Gasteiger partial charge is 0.277 e. The van der Waals surface area contributed by atoms with Gasteiger partial charge in [0.1, 0.15) is 5.00 Å². The van der Waals surface area contributed by atoms with Gasteiger partial charge in [0.15, 0.2) is 6.29 Å². The molecule has 0 aromatic carbocycles. The zero-order valence-electron chi connectivity index (χ0n) is 13.9. The van der Waals surface area contributed by atoms with E-state index in [1.54, 1.807) is 11.4 Å². The average molecular weight is 380 g/mol. The minimum Gasteiger partial charge on any atom is -0.416 e. The van der Waals surface area contributed by atoms with Gasteiger partial charge in [0.05, 0.1) is 5.75 Å². The zero-order valence-corrected chi connectivity index (χ0v) is 15.5. The summed E-state index contributed by atoms with van der Waals surface area (Å²) < 4.78 is 5.61. The molecule has 6 nitrogen and oxygen atoms in total. The number of thioether (sulfide) groups is 1. The first-order chi connectivity index (χ1) is 12.2. The molecule has 2 aromatic heterocycles. The molecule has 1 amide bonds. The summed E-state index contributed by atoms with van der Waals surface area (Å²) in [6, 6.07) is 1.68. The van der Waals surface area contributed by atoms with Crippen molar-refractivity contribution in [2.45, 2.75) is 50.2 Å². The number of carbonyl (C=O) groups is 2. The van der Waals surface area contributed by atoms with Gasteiger partial charge in [0.2, 0.25) is 11.8 Å². The summed E-state index contributed by atoms with van der Waals surface area (Å²) in [4.78, 5) is 22.8. The molecule has 1 fully saturated rings. The summed E-state index contributed by atoms with van der Waals surface area (Å²) in [6.45, 7) is 0. The highest BCUT2D eigenvalue weighted by molar-refractivity contribution is 7.99. The maximum atomic E-state index is 12.0. The summed E-state index contributed by atoms with van der Waals surface area (Å²) in [6.07, 6.45) is 9.28. The molecule has 134 valence electrons. The number of aryl methyl sites for hydroxylation is 1. The van der Waals surface area contributed by atoms with Crippen LogP contribution in [0, 0.1) is 5.92 Å². The van der Waals surface area contributed by atoms with Crippen molar-refractivity contribution in [2.24, 2.45) is 5.92 Å². The van der Waals surface area contributed by atoms with E-state index in [-0.39, 0.29) is 11.7 Å². The number of rotatable bonds is 8. The maximum absolute atomic E-state index is 12.0. The average Bonchev–Trinajstić information content (AvgIpc) is 3.28. The molecular weight excluding hydrogens is 358 g/mol. The first-order valence-corrected chi connectivity index (χ1v) is 10.4. The van der Waals surface area contributed by atoms with Gasteiger partial charge in [-0.1, -0.05) is 43.9 Å². The van der Waals surface area contributed by atoms with Crippen molar-refractivity contribution in [3.05, 3.63) is 22.9 Å². The van der Waals surface area contributed by atoms with Crippen LogP contribution in [0.25, 0.3) is 0 Å². The molecule has 8 heteroatoms. The molecule has 2 aromatic rings. The van der Waals surface area contributed by atoms with E-state index in [1.807, 2.05) is 0 Å². The molecule has 1 saturated carbocycles. The van der Waals surface area contributed by atoms with Crippen molar-refractivity contribution in [3.63, 3.8) is 0 Å². The topological polar surface area (TPSA) is 85.1 Å². The van der Waals surface area contributed by atoms with Gasteiger partial charge in [0.25, 0.3) is 5.22 Å². The van der Waals surface area contributed by atoms with E-state index in [0.29, 0.717) is 21.7 Å². The van der Waals surface area contributed by atoms with E-state index < -0.39 is 0 Å². The lowest BCUT2D eigenvalue weighted by atomic mass is 9.86. The van der Waals surface area contributed by atoms with Crippen LogP contribution >= 0.6 is 23.1 Å². The molecule has 0 radical (unpaired) electrons. The predicted octanol–water partition coefficient (Wildman–Crippen LogP) is 4.19. The third kappa shape index (κ3) is 5.40. The standard InChI is InChI=1S/C17H21N3O3S2/c21-10-13-8-9-24-16(13)18-14(22)11-25-17-20-19-15(23-17)7-6-12-4-2-1-3-5-12/h8-10,12H,1-7,11H2,(H,18,22). The molecule has 0 saturated heterocycles. The maximum Gasteiger partial charge on any atom is 0.277 e. The summed E-state index contributed by atoms with van der Waals surface area (Å²) in [5.41, 5.74) is 0.492. The molecule has 2 heterocycles. The molecule has 1 aliphatic carbocycles. The fourth-order valence-electron chi connectivity index (χ4n) is 3.00. The van der Waals surface area contributed by atoms with E-state index >= 15 is 0 Å². The SMILES string of the molecule is O=Cc1ccsc1NC(=O)CSc1nnc(CCC2CCCCC2)o1. The van der Waals surface area contributed by atoms with Crippen molar-refractivity contribution in [1.82, 2.24) is 10.2 Å². The molecule has 1 aliphatic rings. The summed E-state index contributed by atoms with van der Waals surface area (Å²) in [5.74, 6) is 1.40. The fraction of sp³-hybridized carbons (Fsp3) is 0.529. The van der Waals surface area contributed by atoms with Crippen LogP contribution in [0.15, 0.2) is 21.1 Å². The highest BCUT2D eigenvalue weighted by Crippen LogP contribution is 2.28. The van der Waals surface area contributed by atoms with Crippen LogP contribution in [-0.2, 0) is 11.2 Å². The Kier molecular flexibility index (Phi) is 6.63. The van der Waals surface area contributed by atoms with Crippen LogP contribution in [0.1, 0.15) is 54.8 Å². The van der Waals surface area contributed by atoms with Crippen LogP contribution in [0.3, 0.4) is 0 Å². The van der Waals surface area contributed by atoms with Crippen molar-refractivity contribution >= 4 is 40.3 Å². The van der Waals surface area contributed by atoms with Crippen LogP contribution < -0.4 is 5.32 Å². The molecule has 0 spiro atoms. The molecule has 0 bridgehead atoms. The number of nitrogens with one attached hydrogen (secondary N) is 1. The van der Waals surface area contributed by atoms with Gasteiger partial charge in [-0.25, -0.2) is 0 Å². The number of carbonyl (C=O) groups excluding carboxylic acids is 2. The van der Waals surface area contributed by atoms with Crippen molar-refractivity contribution in [2.75, 3.05) is 11.1 Å². The normalized spacial score (nSPS) is 15.2. The van der Waals surface area contributed by atoms with Gasteiger partial charge in [-0.15, -0.1) is 21.5 Å². The molecule has 25 heavy (non-hydrogen) atoms. The number of aromatic nitrogens is 2. The minimum absolute atomic E-state index is 0.167. The van der Waals surface area contributed by atoms with Gasteiger partial charge in [-0.2, -0.15) is 0 Å². The molecule has 0 aliphatic heterocycles. The lowest BCUT2D eigenvalue weighted by molar-refractivity contribution is -0.113. The first kappa shape index (κ1) is 18.1. The van der Waals surface area contributed by atoms with Crippen LogP contribution in [0.5, 0.6) is 0 Å². The van der Waals surface area contributed by atoms with Crippen LogP contribution in [-0.4, -0.2) is 28.1 Å². The molecule has 1 N–H and O–H groups in total. The number of hydrogen-bond donors (Lipinski definition) is 1. The second kappa shape index (κ2) is 9.15. The summed E-state index contributed by atoms with van der Waals surface area (Å²) in [5, 5.41) is 13.5. The number of nitrogens with zero attached hydrogens (tertiary/aromatic N) is 2. The van der Waals surface area contributed by atoms with E-state index in [1.165, 1.54) is 55.2 Å². The molecule has 0 unspecified atom stereocenters. The van der Waals surface area contributed by atoms with Gasteiger partial charge in [-0.3, -0.25) is 9.59 Å². The highest BCUT2D eigenvalue weighted by Gasteiger charge is 2.16. The Labute approximate surface area is 154 Å². The number of hydrogen-bond acceptors (Lipinski definition) is 7. The quantitative estimate of drug-likeness (QED) is 0.547. The largest absolute Gasteiger partial charge is 0.416 e. The Hall–Kier alpha value is -1.67. The second-order valence-corrected chi connectivity index (χ2v) is 8.01. The van der Waals surface area contributed by atoms with Crippen LogP contribution in [0.4, 0.5) is 5.00 Å². The monoisotopic (exact) mass is 379 g/mol. The lowest BCUT2D eigenvalue weighted by Crippen LogP contribution is -2.14. The first-order valence-electron chi connectivity index (χ1n) is 8.52. The van der Waals surface area contributed by atoms with Gasteiger partial charge in [0, 0.05) is 12.0 Å². The molecular formula is C17H21N3O3S2. The number of aldehydes is 1. The molecule has 3 rings (SSSR count). The van der Waals surface area contributed by atoms with Crippen molar-refractivity contribution < 1.29 is 14.0 Å². The lowest BCUT2D eigenvalue weighted by Gasteiger charge is -2.20. The van der Waals surface area contributed by atoms with Gasteiger partial charge < -0.3 is 9.73 Å². The van der Waals surface area contributed by atoms with Crippen molar-refractivity contribution in [1.29, 1.82) is 0 Å². The zero-order chi connectivity index (χ0) is 17.5. The Bertz CT molecular complexity index is 708. The van der Waals surface area contributed by atoms with E-state index in [4.69, 9.17) is 4.42 Å². The fourth-order valence-corrected chi connectivity index (χ4v) is 4.36. The van der Waals surface area contributed by atoms with Crippen molar-refractivity contribution in [3.8, 4) is 0 Å². The Morgan fingerprint density at radius 2 is 2.20 bits per heavy atom. The molecule has 0 atom stereocenters. The summed E-state index contributed by atoms with van der Waals surface area (Å²) in [7, 11) is 0. The predicted molar refractivity (Wildman–Crippen MR) is 98.3 cm³/mol. The Balaban J connectivity index is 1.41. The number of amides is 1. The number of thiophene rings is 1. The number of anilines is 1. The van der Waals surface area contributed by atoms with E-state index in [2.05, 4.69) is 15.5 Å². The Morgan fingerprint density at radius 3 is 3.00 bits per heavy atom. The third-order valence-electron chi connectivity index (χ3n) is 4.34. The van der Waals surface area contributed by atoms with Crippen LogP contribution in [0.2, 0.25) is 0 Å². The Morgan fingerprint density at radius 1 is 1.36 bits per heavy atom. The minimum atomic E-state index is -0.197. The van der Waals surface area contributed by atoms with E-state index in [0.717, 1.165) is 25.0 Å². The van der Waals surface area contributed by atoms with Gasteiger partial charge >= 0.3 is 0 Å². The third-order valence-corrected chi connectivity index (χ3v) is 6.01. The highest BCUT2D eigenvalue weighted by atomic mass is 32.2. The second-order valence-electron chi connectivity index (χ2n) is 6.16. The van der Waals surface area contributed by atoms with Gasteiger partial charge in [-0.05, 0) is 23.8 Å². The summed E-state index contributed by atoms with van der Waals surface area (Å²) >= 11 is 2.53. The van der Waals surface area contributed by atoms with E-state index in [9.17, 15) is 9.59 Å².